The molecule has 7 rings (SSSR count). The van der Waals surface area contributed by atoms with Gasteiger partial charge in [-0.3, -0.25) is 4.79 Å². The van der Waals surface area contributed by atoms with Crippen molar-refractivity contribution in [2.24, 2.45) is 23.2 Å². The lowest BCUT2D eigenvalue weighted by molar-refractivity contribution is -0.160. The Morgan fingerprint density at radius 3 is 1.59 bits per heavy atom. The monoisotopic (exact) mass is 612 g/mol. The molecule has 0 unspecified atom stereocenters. The van der Waals surface area contributed by atoms with Crippen molar-refractivity contribution in [3.05, 3.63) is 84.9 Å². The van der Waals surface area contributed by atoms with E-state index in [0.29, 0.717) is 17.8 Å². The normalized spacial score (nSPS) is 24.2. The Morgan fingerprint density at radius 2 is 1.09 bits per heavy atom. The Morgan fingerprint density at radius 1 is 0.636 bits per heavy atom. The van der Waals surface area contributed by atoms with Crippen LogP contribution in [0, 0.1) is 23.2 Å². The lowest BCUT2D eigenvalue weighted by Crippen LogP contribution is -2.50. The van der Waals surface area contributed by atoms with E-state index in [4.69, 9.17) is 8.92 Å². The fraction of sp³-hybridized carbons (Fsp3) is 0.525. The Balaban J connectivity index is 1.20. The van der Waals surface area contributed by atoms with Gasteiger partial charge in [-0.1, -0.05) is 94.7 Å². The fourth-order valence-corrected chi connectivity index (χ4v) is 11.8. The van der Waals surface area contributed by atoms with Gasteiger partial charge in [0.1, 0.15) is 5.75 Å². The third-order valence-corrected chi connectivity index (χ3v) is 13.7. The first kappa shape index (κ1) is 31.3. The summed E-state index contributed by atoms with van der Waals surface area (Å²) in [7, 11) is -2.29. The molecule has 4 saturated carbocycles. The van der Waals surface area contributed by atoms with E-state index in [2.05, 4.69) is 79.7 Å². The molecule has 236 valence electrons. The van der Waals surface area contributed by atoms with Gasteiger partial charge in [0, 0.05) is 14.7 Å². The van der Waals surface area contributed by atoms with E-state index in [-0.39, 0.29) is 11.4 Å². The van der Waals surface area contributed by atoms with Crippen LogP contribution < -0.4 is 4.74 Å². The van der Waals surface area contributed by atoms with Gasteiger partial charge >= 0.3 is 5.97 Å². The maximum absolute atomic E-state index is 14.6. The van der Waals surface area contributed by atoms with Crippen molar-refractivity contribution in [3.8, 4) is 5.75 Å². The molecule has 44 heavy (non-hydrogen) atoms. The standard InChI is InChI=1S/C40H52O3S/c1-2-3-4-5-6-7-8-9-16-25-42-35-21-23-38(24-22-35)44(36-17-12-10-13-18-36,37-19-14-11-15-20-37)43-39(41)40-29-32-26-33(30-40)28-34(27-32)31-40/h10-15,17-24,32-34H,2-9,16,25-31H2,1H3. The Labute approximate surface area is 267 Å². The molecule has 0 aromatic heterocycles. The van der Waals surface area contributed by atoms with Gasteiger partial charge in [0.25, 0.3) is 0 Å². The third kappa shape index (κ3) is 6.91. The molecule has 4 heteroatoms. The van der Waals surface area contributed by atoms with Crippen molar-refractivity contribution >= 4 is 16.3 Å². The lowest BCUT2D eigenvalue weighted by Gasteiger charge is -2.56. The summed E-state index contributed by atoms with van der Waals surface area (Å²) in [6.45, 7) is 3.02. The van der Waals surface area contributed by atoms with Crippen LogP contribution in [0.3, 0.4) is 0 Å². The van der Waals surface area contributed by atoms with E-state index in [9.17, 15) is 4.79 Å². The van der Waals surface area contributed by atoms with Crippen molar-refractivity contribution in [2.75, 3.05) is 6.61 Å². The van der Waals surface area contributed by atoms with Gasteiger partial charge < -0.3 is 8.92 Å². The number of carbonyl (C=O) groups is 1. The molecule has 3 aromatic carbocycles. The van der Waals surface area contributed by atoms with Crippen LogP contribution in [0.25, 0.3) is 0 Å². The molecule has 0 atom stereocenters. The number of rotatable bonds is 16. The maximum Gasteiger partial charge on any atom is 0.323 e. The minimum atomic E-state index is -2.29. The third-order valence-electron chi connectivity index (χ3n) is 10.5. The zero-order chi connectivity index (χ0) is 30.2. The number of hydrogen-bond acceptors (Lipinski definition) is 3. The van der Waals surface area contributed by atoms with Gasteiger partial charge in [-0.25, -0.2) is 0 Å². The lowest BCUT2D eigenvalue weighted by atomic mass is 9.49. The second-order valence-electron chi connectivity index (χ2n) is 13.9. The van der Waals surface area contributed by atoms with E-state index in [1.165, 1.54) is 70.6 Å². The average molecular weight is 613 g/mol. The van der Waals surface area contributed by atoms with Crippen LogP contribution in [0.2, 0.25) is 0 Å². The van der Waals surface area contributed by atoms with Crippen molar-refractivity contribution in [1.29, 1.82) is 0 Å². The van der Waals surface area contributed by atoms with Crippen LogP contribution in [0.1, 0.15) is 103 Å². The molecule has 0 spiro atoms. The van der Waals surface area contributed by atoms with E-state index in [1.807, 2.05) is 12.1 Å². The zero-order valence-electron chi connectivity index (χ0n) is 26.8. The van der Waals surface area contributed by atoms with Crippen molar-refractivity contribution in [3.63, 3.8) is 0 Å². The molecule has 4 bridgehead atoms. The van der Waals surface area contributed by atoms with Gasteiger partial charge in [0.05, 0.1) is 12.0 Å². The minimum absolute atomic E-state index is 0.0324. The van der Waals surface area contributed by atoms with E-state index in [0.717, 1.165) is 52.7 Å². The first-order valence-corrected chi connectivity index (χ1v) is 19.1. The summed E-state index contributed by atoms with van der Waals surface area (Å²) in [6.07, 6.45) is 18.7. The first-order valence-electron chi connectivity index (χ1n) is 17.5. The number of ether oxygens (including phenoxy) is 1. The highest BCUT2D eigenvalue weighted by Gasteiger charge is 2.57. The molecule has 0 amide bonds. The van der Waals surface area contributed by atoms with Crippen molar-refractivity contribution in [2.45, 2.75) is 118 Å². The number of carbonyl (C=O) groups excluding carboxylic acids is 1. The second kappa shape index (κ2) is 14.6. The highest BCUT2D eigenvalue weighted by atomic mass is 32.3. The second-order valence-corrected chi connectivity index (χ2v) is 16.6. The maximum atomic E-state index is 14.6. The molecule has 0 aliphatic heterocycles. The van der Waals surface area contributed by atoms with Crippen LogP contribution >= 0.6 is 10.3 Å². The summed E-state index contributed by atoms with van der Waals surface area (Å²) in [5, 5.41) is 0. The van der Waals surface area contributed by atoms with Gasteiger partial charge in [0.2, 0.25) is 0 Å². The molecule has 0 heterocycles. The molecule has 0 N–H and O–H groups in total. The molecule has 3 nitrogen and oxygen atoms in total. The molecule has 0 radical (unpaired) electrons. The van der Waals surface area contributed by atoms with Crippen LogP contribution in [-0.2, 0) is 8.98 Å². The Kier molecular flexibility index (Phi) is 10.4. The minimum Gasteiger partial charge on any atom is -0.494 e. The smallest absolute Gasteiger partial charge is 0.323 e. The zero-order valence-corrected chi connectivity index (χ0v) is 27.6. The Hall–Kier alpha value is -2.72. The van der Waals surface area contributed by atoms with Crippen LogP contribution in [-0.4, -0.2) is 12.6 Å². The van der Waals surface area contributed by atoms with Gasteiger partial charge in [0.15, 0.2) is 0 Å². The van der Waals surface area contributed by atoms with Gasteiger partial charge in [-0.15, -0.1) is 0 Å². The summed E-state index contributed by atoms with van der Waals surface area (Å²) >= 11 is 0. The summed E-state index contributed by atoms with van der Waals surface area (Å²) in [4.78, 5) is 17.8. The number of hydrogen-bond donors (Lipinski definition) is 0. The molecular formula is C40H52O3S. The molecular weight excluding hydrogens is 561 g/mol. The predicted molar refractivity (Wildman–Crippen MR) is 181 cm³/mol. The fourth-order valence-electron chi connectivity index (χ4n) is 8.67. The largest absolute Gasteiger partial charge is 0.494 e. The van der Waals surface area contributed by atoms with Crippen LogP contribution in [0.5, 0.6) is 5.75 Å². The Bertz CT molecular complexity index is 1240. The molecule has 0 saturated heterocycles. The molecule has 4 aliphatic carbocycles. The van der Waals surface area contributed by atoms with Crippen LogP contribution in [0.15, 0.2) is 99.6 Å². The molecule has 4 aliphatic rings. The summed E-state index contributed by atoms with van der Waals surface area (Å²) < 4.78 is 13.3. The van der Waals surface area contributed by atoms with Gasteiger partial charge in [-0.05, 0) is 122 Å². The highest BCUT2D eigenvalue weighted by molar-refractivity contribution is 8.30. The first-order chi connectivity index (χ1) is 21.6. The van der Waals surface area contributed by atoms with E-state index in [1.54, 1.807) is 0 Å². The topological polar surface area (TPSA) is 35.5 Å². The number of unbranched alkanes of at least 4 members (excludes halogenated alkanes) is 8. The van der Waals surface area contributed by atoms with E-state index >= 15 is 0 Å². The molecule has 4 fully saturated rings. The molecule has 3 aromatic rings. The summed E-state index contributed by atoms with van der Waals surface area (Å²) in [6, 6.07) is 29.4. The predicted octanol–water partition coefficient (Wildman–Crippen LogP) is 11.6. The van der Waals surface area contributed by atoms with Gasteiger partial charge in [-0.2, -0.15) is 0 Å². The summed E-state index contributed by atoms with van der Waals surface area (Å²) in [5.74, 6) is 2.98. The van der Waals surface area contributed by atoms with E-state index < -0.39 is 10.3 Å². The van der Waals surface area contributed by atoms with Crippen LogP contribution in [0.4, 0.5) is 0 Å². The van der Waals surface area contributed by atoms with Crippen molar-refractivity contribution < 1.29 is 13.7 Å². The summed E-state index contributed by atoms with van der Waals surface area (Å²) in [5.41, 5.74) is -0.324. The quantitative estimate of drug-likeness (QED) is 0.151. The average Bonchev–Trinajstić information content (AvgIpc) is 3.05. The SMILES string of the molecule is CCCCCCCCCCCOc1ccc(S(OC(=O)C23CC4CC(CC(C4)C2)C3)(c2ccccc2)c2ccccc2)cc1. The number of benzene rings is 3. The highest BCUT2D eigenvalue weighted by Crippen LogP contribution is 2.71. The van der Waals surface area contributed by atoms with Crippen molar-refractivity contribution in [1.82, 2.24) is 0 Å².